The first-order valence-electron chi connectivity index (χ1n) is 13.2. The van der Waals surface area contributed by atoms with Gasteiger partial charge in [0.25, 0.3) is 5.91 Å². The smallest absolute Gasteiger partial charge is 0.431 e. The maximum atomic E-state index is 15.0. The molecule has 0 spiro atoms. The molecule has 0 fully saturated rings. The quantitative estimate of drug-likeness (QED) is 0.341. The fourth-order valence-electron chi connectivity index (χ4n) is 4.31. The summed E-state index contributed by atoms with van der Waals surface area (Å²) in [6, 6.07) is 9.32. The van der Waals surface area contributed by atoms with Crippen LogP contribution in [0.3, 0.4) is 0 Å². The minimum atomic E-state index is -2.39. The first-order valence-corrected chi connectivity index (χ1v) is 13.2. The molecular formula is C30H38FN3O8. The maximum absolute atomic E-state index is 15.0. The maximum Gasteiger partial charge on any atom is 0.431 e. The molecule has 1 aliphatic rings. The van der Waals surface area contributed by atoms with Crippen LogP contribution in [-0.2, 0) is 24.5 Å². The Morgan fingerprint density at radius 2 is 1.45 bits per heavy atom. The van der Waals surface area contributed by atoms with Gasteiger partial charge in [-0.1, -0.05) is 12.1 Å². The number of methoxy groups -OCH3 is 1. The van der Waals surface area contributed by atoms with Gasteiger partial charge in [-0.15, -0.1) is 0 Å². The number of nitrogens with zero attached hydrogens (tertiary/aromatic N) is 2. The second-order valence-electron chi connectivity index (χ2n) is 12.7. The van der Waals surface area contributed by atoms with E-state index in [4.69, 9.17) is 18.9 Å². The number of anilines is 1. The molecule has 0 saturated heterocycles. The topological polar surface area (TPSA) is 124 Å². The zero-order valence-corrected chi connectivity index (χ0v) is 25.6. The van der Waals surface area contributed by atoms with Crippen LogP contribution in [0.2, 0.25) is 0 Å². The van der Waals surface area contributed by atoms with Gasteiger partial charge in [-0.2, -0.15) is 5.01 Å². The minimum Gasteiger partial charge on any atom is -0.497 e. The molecule has 4 amide bonds. The standard InChI is InChI=1S/C30H38FN3O8/c1-27(2,3)40-24(36)32-34(26(38)42-29(7,8)9)30(18-12-11-13-20(16-18)39-10)21-17-19(31)14-15-22(21)33(23(30)35)25(37)41-28(4,5)6/h11-17H,1-10H3,(H,32,36)/t30-/m1/s1. The molecule has 1 atom stereocenters. The lowest BCUT2D eigenvalue weighted by Gasteiger charge is -2.40. The predicted molar refractivity (Wildman–Crippen MR) is 151 cm³/mol. The summed E-state index contributed by atoms with van der Waals surface area (Å²) >= 11 is 0. The highest BCUT2D eigenvalue weighted by molar-refractivity contribution is 6.23. The van der Waals surface area contributed by atoms with Gasteiger partial charge in [0.2, 0.25) is 0 Å². The summed E-state index contributed by atoms with van der Waals surface area (Å²) in [4.78, 5) is 56.1. The van der Waals surface area contributed by atoms with Crippen molar-refractivity contribution in [1.29, 1.82) is 0 Å². The van der Waals surface area contributed by atoms with Crippen LogP contribution in [0.4, 0.5) is 24.5 Å². The van der Waals surface area contributed by atoms with Crippen molar-refractivity contribution in [3.8, 4) is 5.75 Å². The van der Waals surface area contributed by atoms with E-state index in [1.54, 1.807) is 74.4 Å². The van der Waals surface area contributed by atoms with Gasteiger partial charge >= 0.3 is 18.3 Å². The third-order valence-electron chi connectivity index (χ3n) is 5.68. The molecule has 2 aromatic rings. The number of hydrogen-bond acceptors (Lipinski definition) is 8. The first kappa shape index (κ1) is 32.2. The van der Waals surface area contributed by atoms with Crippen molar-refractivity contribution in [1.82, 2.24) is 10.4 Å². The van der Waals surface area contributed by atoms with E-state index in [2.05, 4.69) is 5.43 Å². The van der Waals surface area contributed by atoms with Gasteiger partial charge in [0.15, 0.2) is 5.54 Å². The number of ether oxygens (including phenoxy) is 4. The number of benzene rings is 2. The average Bonchev–Trinajstić information content (AvgIpc) is 3.07. The van der Waals surface area contributed by atoms with Gasteiger partial charge in [-0.3, -0.25) is 4.79 Å². The summed E-state index contributed by atoms with van der Waals surface area (Å²) in [5.74, 6) is -1.55. The third kappa shape index (κ3) is 6.75. The van der Waals surface area contributed by atoms with Crippen LogP contribution in [-0.4, -0.2) is 53.1 Å². The lowest BCUT2D eigenvalue weighted by molar-refractivity contribution is -0.129. The Hall–Kier alpha value is -4.35. The molecule has 42 heavy (non-hydrogen) atoms. The monoisotopic (exact) mass is 587 g/mol. The van der Waals surface area contributed by atoms with Crippen LogP contribution < -0.4 is 15.1 Å². The fraction of sp³-hybridized carbons (Fsp3) is 0.467. The number of fused-ring (bicyclic) bond motifs is 1. The van der Waals surface area contributed by atoms with Gasteiger partial charge in [0.05, 0.1) is 12.8 Å². The highest BCUT2D eigenvalue weighted by Gasteiger charge is 2.62. The van der Waals surface area contributed by atoms with E-state index in [0.717, 1.165) is 12.1 Å². The molecular weight excluding hydrogens is 549 g/mol. The van der Waals surface area contributed by atoms with Crippen LogP contribution in [0.25, 0.3) is 0 Å². The molecule has 228 valence electrons. The first-order chi connectivity index (χ1) is 19.2. The summed E-state index contributed by atoms with van der Waals surface area (Å²) in [6.07, 6.45) is -3.38. The van der Waals surface area contributed by atoms with E-state index < -0.39 is 52.3 Å². The number of hydrazine groups is 1. The number of carbonyl (C=O) groups is 4. The summed E-state index contributed by atoms with van der Waals surface area (Å²) in [5, 5.41) is 0.617. The SMILES string of the molecule is COc1cccc([C@]2(N(NC(=O)OC(C)(C)C)C(=O)OC(C)(C)C)C(=O)N(C(=O)OC(C)(C)C)c3ccc(F)cc32)c1. The molecule has 0 radical (unpaired) electrons. The van der Waals surface area contributed by atoms with E-state index in [1.807, 2.05) is 0 Å². The molecule has 0 aromatic heterocycles. The Kier molecular flexibility index (Phi) is 8.54. The fourth-order valence-corrected chi connectivity index (χ4v) is 4.31. The second kappa shape index (κ2) is 11.1. The number of imide groups is 1. The summed E-state index contributed by atoms with van der Waals surface area (Å²) < 4.78 is 36.9. The van der Waals surface area contributed by atoms with Crippen molar-refractivity contribution in [2.75, 3.05) is 12.0 Å². The summed E-state index contributed by atoms with van der Waals surface area (Å²) in [7, 11) is 1.40. The number of rotatable bonds is 3. The number of amides is 4. The Morgan fingerprint density at radius 3 is 2.00 bits per heavy atom. The molecule has 1 aliphatic heterocycles. The highest BCUT2D eigenvalue weighted by atomic mass is 19.1. The van der Waals surface area contributed by atoms with Crippen molar-refractivity contribution in [3.05, 3.63) is 59.4 Å². The Bertz CT molecular complexity index is 1390. The van der Waals surface area contributed by atoms with Crippen molar-refractivity contribution in [2.24, 2.45) is 0 Å². The minimum absolute atomic E-state index is 0.0478. The normalized spacial score (nSPS) is 16.8. The molecule has 1 N–H and O–H groups in total. The number of halogens is 1. The van der Waals surface area contributed by atoms with Gasteiger partial charge in [-0.05, 0) is 98.2 Å². The van der Waals surface area contributed by atoms with Crippen molar-refractivity contribution >= 4 is 29.9 Å². The third-order valence-corrected chi connectivity index (χ3v) is 5.68. The molecule has 2 aromatic carbocycles. The molecule has 0 aliphatic carbocycles. The van der Waals surface area contributed by atoms with Crippen molar-refractivity contribution in [3.63, 3.8) is 0 Å². The lowest BCUT2D eigenvalue weighted by Crippen LogP contribution is -2.64. The Morgan fingerprint density at radius 1 is 0.857 bits per heavy atom. The Balaban J connectivity index is 2.43. The summed E-state index contributed by atoms with van der Waals surface area (Å²) in [6.45, 7) is 14.4. The predicted octanol–water partition coefficient (Wildman–Crippen LogP) is 6.04. The van der Waals surface area contributed by atoms with E-state index in [9.17, 15) is 23.6 Å². The largest absolute Gasteiger partial charge is 0.497 e. The van der Waals surface area contributed by atoms with E-state index in [0.29, 0.717) is 9.91 Å². The van der Waals surface area contributed by atoms with E-state index in [-0.39, 0.29) is 22.6 Å². The molecule has 1 heterocycles. The van der Waals surface area contributed by atoms with Gasteiger partial charge in [0, 0.05) is 5.56 Å². The summed E-state index contributed by atoms with van der Waals surface area (Å²) in [5.41, 5.74) is -3.32. The van der Waals surface area contributed by atoms with Crippen LogP contribution >= 0.6 is 0 Å². The van der Waals surface area contributed by atoms with E-state index in [1.165, 1.54) is 25.3 Å². The highest BCUT2D eigenvalue weighted by Crippen LogP contribution is 2.49. The van der Waals surface area contributed by atoms with Crippen molar-refractivity contribution in [2.45, 2.75) is 84.7 Å². The Labute approximate surface area is 244 Å². The number of nitrogens with one attached hydrogen (secondary N) is 1. The van der Waals surface area contributed by atoms with Crippen LogP contribution in [0, 0.1) is 5.82 Å². The molecule has 0 saturated carbocycles. The zero-order chi connectivity index (χ0) is 31.8. The van der Waals surface area contributed by atoms with Crippen LogP contribution in [0.1, 0.15) is 73.4 Å². The molecule has 0 unspecified atom stereocenters. The number of carbonyl (C=O) groups excluding carboxylic acids is 4. The molecule has 11 nitrogen and oxygen atoms in total. The lowest BCUT2D eigenvalue weighted by atomic mass is 9.83. The average molecular weight is 588 g/mol. The van der Waals surface area contributed by atoms with Gasteiger partial charge < -0.3 is 18.9 Å². The van der Waals surface area contributed by atoms with Gasteiger partial charge in [0.1, 0.15) is 28.4 Å². The molecule has 0 bridgehead atoms. The molecule has 3 rings (SSSR count). The molecule has 12 heteroatoms. The number of hydrogen-bond donors (Lipinski definition) is 1. The van der Waals surface area contributed by atoms with Crippen LogP contribution in [0.5, 0.6) is 5.75 Å². The second-order valence-corrected chi connectivity index (χ2v) is 12.7. The van der Waals surface area contributed by atoms with Crippen LogP contribution in [0.15, 0.2) is 42.5 Å². The van der Waals surface area contributed by atoms with Gasteiger partial charge in [-0.25, -0.2) is 29.1 Å². The zero-order valence-electron chi connectivity index (χ0n) is 25.6. The van der Waals surface area contributed by atoms with Crippen molar-refractivity contribution < 1.29 is 42.5 Å². The van der Waals surface area contributed by atoms with E-state index >= 15 is 0 Å².